The van der Waals surface area contributed by atoms with Crippen LogP contribution in [0.3, 0.4) is 0 Å². The number of rotatable bonds is 9. The van der Waals surface area contributed by atoms with Gasteiger partial charge in [0.25, 0.3) is 0 Å². The van der Waals surface area contributed by atoms with Crippen molar-refractivity contribution < 1.29 is 14.6 Å². The third kappa shape index (κ3) is 6.08. The van der Waals surface area contributed by atoms with Crippen molar-refractivity contribution in [3.05, 3.63) is 84.4 Å². The molecule has 0 aliphatic rings. The molecular formula is C25H29NO3. The van der Waals surface area contributed by atoms with Crippen LogP contribution in [0, 0.1) is 5.92 Å². The quantitative estimate of drug-likeness (QED) is 0.465. The Balaban J connectivity index is 1.86. The third-order valence-electron chi connectivity index (χ3n) is 4.75. The highest BCUT2D eigenvalue weighted by atomic mass is 16.5. The summed E-state index contributed by atoms with van der Waals surface area (Å²) in [6.07, 6.45) is 0.982. The van der Waals surface area contributed by atoms with Crippen LogP contribution in [0.5, 0.6) is 23.0 Å². The lowest BCUT2D eigenvalue weighted by Crippen LogP contribution is -2.26. The zero-order chi connectivity index (χ0) is 20.6. The van der Waals surface area contributed by atoms with Crippen LogP contribution in [0.25, 0.3) is 0 Å². The number of benzene rings is 3. The molecule has 2 atom stereocenters. The minimum absolute atomic E-state index is 0.488. The molecule has 0 bridgehead atoms. The van der Waals surface area contributed by atoms with E-state index in [0.29, 0.717) is 29.6 Å². The van der Waals surface area contributed by atoms with Crippen LogP contribution in [-0.4, -0.2) is 11.2 Å². The van der Waals surface area contributed by atoms with Crippen molar-refractivity contribution in [2.75, 3.05) is 0 Å². The van der Waals surface area contributed by atoms with Crippen molar-refractivity contribution in [1.82, 2.24) is 0 Å². The Kier molecular flexibility index (Phi) is 7.28. The van der Waals surface area contributed by atoms with Crippen LogP contribution in [0.4, 0.5) is 0 Å². The van der Waals surface area contributed by atoms with E-state index in [2.05, 4.69) is 13.8 Å². The number of hydrogen-bond acceptors (Lipinski definition) is 4. The normalized spacial score (nSPS) is 13.1. The average Bonchev–Trinajstić information content (AvgIpc) is 2.74. The molecule has 29 heavy (non-hydrogen) atoms. The van der Waals surface area contributed by atoms with Gasteiger partial charge in [0.15, 0.2) is 11.5 Å². The zero-order valence-electron chi connectivity index (χ0n) is 17.0. The summed E-state index contributed by atoms with van der Waals surface area (Å²) in [6, 6.07) is 24.2. The van der Waals surface area contributed by atoms with Gasteiger partial charge < -0.3 is 20.3 Å². The summed E-state index contributed by atoms with van der Waals surface area (Å²) in [5, 5.41) is 10.5. The largest absolute Gasteiger partial charge is 0.453 e. The van der Waals surface area contributed by atoms with Crippen LogP contribution < -0.4 is 15.2 Å². The summed E-state index contributed by atoms with van der Waals surface area (Å²) in [4.78, 5) is 0. The van der Waals surface area contributed by atoms with Crippen molar-refractivity contribution in [3.63, 3.8) is 0 Å². The summed E-state index contributed by atoms with van der Waals surface area (Å²) < 4.78 is 12.1. The highest BCUT2D eigenvalue weighted by Crippen LogP contribution is 2.37. The Labute approximate surface area is 172 Å². The SMILES string of the molecule is CC(C)CC[C@@H](O)[C@@H](N)c1ccc(Oc2ccccc2)c(Oc2ccccc2)c1. The second-order valence-corrected chi connectivity index (χ2v) is 7.60. The van der Waals surface area contributed by atoms with E-state index < -0.39 is 12.1 Å². The molecule has 0 aromatic heterocycles. The molecule has 0 aliphatic heterocycles. The second kappa shape index (κ2) is 10.1. The topological polar surface area (TPSA) is 64.7 Å². The molecule has 0 radical (unpaired) electrons. The van der Waals surface area contributed by atoms with Gasteiger partial charge in [0.2, 0.25) is 0 Å². The monoisotopic (exact) mass is 391 g/mol. The number of aliphatic hydroxyl groups excluding tert-OH is 1. The first kappa shape index (κ1) is 20.9. The average molecular weight is 392 g/mol. The van der Waals surface area contributed by atoms with Gasteiger partial charge in [0.05, 0.1) is 12.1 Å². The predicted octanol–water partition coefficient (Wildman–Crippen LogP) is 6.07. The van der Waals surface area contributed by atoms with Gasteiger partial charge in [-0.05, 0) is 60.7 Å². The molecule has 3 aromatic rings. The third-order valence-corrected chi connectivity index (χ3v) is 4.75. The number of ether oxygens (including phenoxy) is 2. The summed E-state index contributed by atoms with van der Waals surface area (Å²) in [5.41, 5.74) is 7.16. The first-order chi connectivity index (χ1) is 14.0. The molecule has 4 heteroatoms. The highest BCUT2D eigenvalue weighted by molar-refractivity contribution is 5.48. The van der Waals surface area contributed by atoms with Gasteiger partial charge in [-0.2, -0.15) is 0 Å². The van der Waals surface area contributed by atoms with Gasteiger partial charge in [0.1, 0.15) is 11.5 Å². The van der Waals surface area contributed by atoms with Crippen molar-refractivity contribution in [2.24, 2.45) is 11.7 Å². The fourth-order valence-electron chi connectivity index (χ4n) is 3.03. The molecule has 3 rings (SSSR count). The molecule has 0 spiro atoms. The Morgan fingerprint density at radius 3 is 1.86 bits per heavy atom. The first-order valence-corrected chi connectivity index (χ1v) is 10.1. The molecule has 0 heterocycles. The van der Waals surface area contributed by atoms with Gasteiger partial charge in [-0.1, -0.05) is 56.3 Å². The van der Waals surface area contributed by atoms with Crippen LogP contribution in [0.2, 0.25) is 0 Å². The standard InChI is InChI=1S/C25H29NO3/c1-18(2)13-15-22(27)25(26)19-14-16-23(28-20-9-5-3-6-10-20)24(17-19)29-21-11-7-4-8-12-21/h3-12,14,16-18,22,25,27H,13,15,26H2,1-2H3/t22-,25+/m1/s1. The lowest BCUT2D eigenvalue weighted by Gasteiger charge is -2.21. The Morgan fingerprint density at radius 1 is 0.759 bits per heavy atom. The summed E-state index contributed by atoms with van der Waals surface area (Å²) in [7, 11) is 0. The Morgan fingerprint density at radius 2 is 1.31 bits per heavy atom. The molecule has 0 amide bonds. The lowest BCUT2D eigenvalue weighted by atomic mass is 9.96. The minimum Gasteiger partial charge on any atom is -0.453 e. The van der Waals surface area contributed by atoms with Crippen molar-refractivity contribution in [1.29, 1.82) is 0 Å². The summed E-state index contributed by atoms with van der Waals surface area (Å²) >= 11 is 0. The molecule has 3 aromatic carbocycles. The van der Waals surface area contributed by atoms with Crippen molar-refractivity contribution in [2.45, 2.75) is 38.8 Å². The Bertz CT molecular complexity index is 881. The molecule has 0 fully saturated rings. The van der Waals surface area contributed by atoms with Crippen LogP contribution in [0.15, 0.2) is 78.9 Å². The van der Waals surface area contributed by atoms with Crippen molar-refractivity contribution >= 4 is 0 Å². The van der Waals surface area contributed by atoms with Gasteiger partial charge in [0, 0.05) is 0 Å². The Hall–Kier alpha value is -2.82. The molecule has 0 saturated carbocycles. The van der Waals surface area contributed by atoms with Gasteiger partial charge >= 0.3 is 0 Å². The summed E-state index contributed by atoms with van der Waals surface area (Å²) in [6.45, 7) is 4.28. The second-order valence-electron chi connectivity index (χ2n) is 7.60. The van der Waals surface area contributed by atoms with E-state index in [-0.39, 0.29) is 0 Å². The first-order valence-electron chi connectivity index (χ1n) is 10.1. The van der Waals surface area contributed by atoms with E-state index in [1.165, 1.54) is 0 Å². The smallest absolute Gasteiger partial charge is 0.170 e. The molecular weight excluding hydrogens is 362 g/mol. The fraction of sp³-hybridized carbons (Fsp3) is 0.280. The molecule has 3 N–H and O–H groups in total. The molecule has 152 valence electrons. The van der Waals surface area contributed by atoms with Gasteiger partial charge in [-0.3, -0.25) is 0 Å². The fourth-order valence-corrected chi connectivity index (χ4v) is 3.03. The van der Waals surface area contributed by atoms with E-state index in [9.17, 15) is 5.11 Å². The van der Waals surface area contributed by atoms with E-state index >= 15 is 0 Å². The molecule has 0 aliphatic carbocycles. The molecule has 4 nitrogen and oxygen atoms in total. The van der Waals surface area contributed by atoms with E-state index in [1.807, 2.05) is 78.9 Å². The number of para-hydroxylation sites is 2. The molecule has 0 saturated heterocycles. The predicted molar refractivity (Wildman–Crippen MR) is 116 cm³/mol. The number of nitrogens with two attached hydrogens (primary N) is 1. The van der Waals surface area contributed by atoms with Gasteiger partial charge in [-0.25, -0.2) is 0 Å². The lowest BCUT2D eigenvalue weighted by molar-refractivity contribution is 0.128. The van der Waals surface area contributed by atoms with E-state index in [1.54, 1.807) is 0 Å². The molecule has 0 unspecified atom stereocenters. The van der Waals surface area contributed by atoms with E-state index in [0.717, 1.165) is 17.7 Å². The summed E-state index contributed by atoms with van der Waals surface area (Å²) in [5.74, 6) is 3.10. The maximum atomic E-state index is 10.5. The minimum atomic E-state index is -0.608. The van der Waals surface area contributed by atoms with Gasteiger partial charge in [-0.15, -0.1) is 0 Å². The van der Waals surface area contributed by atoms with Crippen LogP contribution in [0.1, 0.15) is 38.3 Å². The van der Waals surface area contributed by atoms with Crippen LogP contribution in [-0.2, 0) is 0 Å². The number of aliphatic hydroxyl groups is 1. The van der Waals surface area contributed by atoms with E-state index in [4.69, 9.17) is 15.2 Å². The van der Waals surface area contributed by atoms with Crippen LogP contribution >= 0.6 is 0 Å². The maximum absolute atomic E-state index is 10.5. The zero-order valence-corrected chi connectivity index (χ0v) is 17.0. The highest BCUT2D eigenvalue weighted by Gasteiger charge is 2.19. The van der Waals surface area contributed by atoms with Crippen molar-refractivity contribution in [3.8, 4) is 23.0 Å². The maximum Gasteiger partial charge on any atom is 0.170 e. The number of hydrogen-bond donors (Lipinski definition) is 2.